The minimum absolute atomic E-state index is 0.0712. The van der Waals surface area contributed by atoms with Crippen LogP contribution in [0.1, 0.15) is 32.9 Å². The Kier molecular flexibility index (Phi) is 5.81. The van der Waals surface area contributed by atoms with Gasteiger partial charge < -0.3 is 9.88 Å². The molecule has 4 aromatic rings. The van der Waals surface area contributed by atoms with E-state index in [0.717, 1.165) is 32.7 Å². The number of nitrogens with one attached hydrogen (secondary N) is 1. The second kappa shape index (κ2) is 8.67. The molecule has 0 bridgehead atoms. The lowest BCUT2D eigenvalue weighted by molar-refractivity contribution is 0.0950. The molecular formula is C23H22BrN5O. The maximum atomic E-state index is 12.8. The molecule has 0 fully saturated rings. The van der Waals surface area contributed by atoms with E-state index >= 15 is 0 Å². The van der Waals surface area contributed by atoms with Gasteiger partial charge in [0, 0.05) is 28.1 Å². The molecule has 7 heteroatoms. The molecule has 0 spiro atoms. The molecule has 0 aliphatic heterocycles. The van der Waals surface area contributed by atoms with Crippen molar-refractivity contribution in [2.45, 2.75) is 26.9 Å². The van der Waals surface area contributed by atoms with Gasteiger partial charge in [-0.15, -0.1) is 0 Å². The molecule has 4 rings (SSSR count). The van der Waals surface area contributed by atoms with Crippen molar-refractivity contribution in [1.82, 2.24) is 24.6 Å². The number of carbonyl (C=O) groups is 1. The molecule has 1 amide bonds. The molecule has 0 saturated heterocycles. The second-order valence-electron chi connectivity index (χ2n) is 7.19. The fourth-order valence-electron chi connectivity index (χ4n) is 3.52. The molecule has 0 aliphatic carbocycles. The number of hydrogen-bond acceptors (Lipinski definition) is 3. The number of benzene rings is 2. The molecule has 2 aromatic carbocycles. The highest BCUT2D eigenvalue weighted by atomic mass is 79.9. The number of halogens is 1. The lowest BCUT2D eigenvalue weighted by atomic mass is 10.1. The summed E-state index contributed by atoms with van der Waals surface area (Å²) in [4.78, 5) is 16.8. The van der Waals surface area contributed by atoms with Gasteiger partial charge in [-0.2, -0.15) is 5.10 Å². The zero-order chi connectivity index (χ0) is 21.1. The van der Waals surface area contributed by atoms with E-state index in [1.165, 1.54) is 6.33 Å². The Hall–Kier alpha value is -3.19. The summed E-state index contributed by atoms with van der Waals surface area (Å²) in [5.74, 6) is -0.0712. The number of amides is 1. The predicted molar refractivity (Wildman–Crippen MR) is 120 cm³/mol. The summed E-state index contributed by atoms with van der Waals surface area (Å²) in [6.45, 7) is 5.14. The van der Waals surface area contributed by atoms with Gasteiger partial charge in [-0.25, -0.2) is 9.67 Å². The molecule has 152 valence electrons. The fraction of sp³-hybridized carbons (Fsp3) is 0.174. The summed E-state index contributed by atoms with van der Waals surface area (Å²) < 4.78 is 4.90. The first-order valence-corrected chi connectivity index (χ1v) is 10.4. The monoisotopic (exact) mass is 463 g/mol. The molecule has 0 atom stereocenters. The predicted octanol–water partition coefficient (Wildman–Crippen LogP) is 4.43. The molecule has 2 heterocycles. The van der Waals surface area contributed by atoms with Crippen LogP contribution >= 0.6 is 15.9 Å². The number of aromatic nitrogens is 4. The van der Waals surface area contributed by atoms with E-state index in [1.54, 1.807) is 11.0 Å². The minimum Gasteiger partial charge on any atom is -0.348 e. The van der Waals surface area contributed by atoms with Crippen LogP contribution in [0.25, 0.3) is 5.69 Å². The van der Waals surface area contributed by atoms with Crippen LogP contribution in [0.15, 0.2) is 71.7 Å². The Morgan fingerprint density at radius 3 is 2.40 bits per heavy atom. The summed E-state index contributed by atoms with van der Waals surface area (Å²) in [5, 5.41) is 7.15. The van der Waals surface area contributed by atoms with Gasteiger partial charge in [-0.1, -0.05) is 40.2 Å². The molecular weight excluding hydrogens is 442 g/mol. The van der Waals surface area contributed by atoms with Crippen LogP contribution in [-0.2, 0) is 13.1 Å². The summed E-state index contributed by atoms with van der Waals surface area (Å²) >= 11 is 3.46. The van der Waals surface area contributed by atoms with E-state index in [0.29, 0.717) is 18.7 Å². The second-order valence-corrected chi connectivity index (χ2v) is 8.10. The normalized spacial score (nSPS) is 10.9. The van der Waals surface area contributed by atoms with Gasteiger partial charge in [0.2, 0.25) is 0 Å². The summed E-state index contributed by atoms with van der Waals surface area (Å²) in [5.41, 5.74) is 5.86. The number of hydrogen-bond donors (Lipinski definition) is 1. The Balaban J connectivity index is 1.43. The van der Waals surface area contributed by atoms with Gasteiger partial charge in [0.05, 0.1) is 12.1 Å². The molecule has 0 aliphatic rings. The van der Waals surface area contributed by atoms with Crippen LogP contribution in [0.4, 0.5) is 0 Å². The first-order chi connectivity index (χ1) is 14.5. The Labute approximate surface area is 183 Å². The van der Waals surface area contributed by atoms with Crippen molar-refractivity contribution in [1.29, 1.82) is 0 Å². The molecule has 0 unspecified atom stereocenters. The zero-order valence-corrected chi connectivity index (χ0v) is 18.4. The van der Waals surface area contributed by atoms with E-state index in [-0.39, 0.29) is 5.91 Å². The largest absolute Gasteiger partial charge is 0.348 e. The Morgan fingerprint density at radius 2 is 1.73 bits per heavy atom. The van der Waals surface area contributed by atoms with Gasteiger partial charge in [-0.05, 0) is 55.3 Å². The quantitative estimate of drug-likeness (QED) is 0.459. The highest BCUT2D eigenvalue weighted by Gasteiger charge is 2.16. The van der Waals surface area contributed by atoms with E-state index in [2.05, 4.69) is 35.9 Å². The Morgan fingerprint density at radius 1 is 1.03 bits per heavy atom. The molecule has 30 heavy (non-hydrogen) atoms. The highest BCUT2D eigenvalue weighted by molar-refractivity contribution is 9.10. The van der Waals surface area contributed by atoms with Gasteiger partial charge >= 0.3 is 0 Å². The minimum atomic E-state index is -0.0712. The van der Waals surface area contributed by atoms with Crippen LogP contribution < -0.4 is 5.32 Å². The third-order valence-electron chi connectivity index (χ3n) is 5.05. The average molecular weight is 464 g/mol. The van der Waals surface area contributed by atoms with Gasteiger partial charge in [0.15, 0.2) is 0 Å². The van der Waals surface area contributed by atoms with Crippen LogP contribution in [0.5, 0.6) is 0 Å². The topological polar surface area (TPSA) is 64.7 Å². The van der Waals surface area contributed by atoms with E-state index in [1.807, 2.05) is 68.4 Å². The van der Waals surface area contributed by atoms with Crippen LogP contribution in [0.2, 0.25) is 0 Å². The van der Waals surface area contributed by atoms with Crippen molar-refractivity contribution in [3.63, 3.8) is 0 Å². The van der Waals surface area contributed by atoms with Crippen molar-refractivity contribution in [3.8, 4) is 5.69 Å². The lowest BCUT2D eigenvalue weighted by Gasteiger charge is -2.10. The smallest absolute Gasteiger partial charge is 0.253 e. The summed E-state index contributed by atoms with van der Waals surface area (Å²) in [7, 11) is 0. The molecule has 6 nitrogen and oxygen atoms in total. The standard InChI is InChI=1S/C23H22BrN5O/c1-16-11-22(17(2)29(16)21-9-7-20(24)8-10-21)23(30)26-12-18-3-5-19(6-4-18)13-28-15-25-14-27-28/h3-11,14-15H,12-13H2,1-2H3,(H,26,30). The lowest BCUT2D eigenvalue weighted by Crippen LogP contribution is -2.23. The number of carbonyl (C=O) groups excluding carboxylic acids is 1. The van der Waals surface area contributed by atoms with Gasteiger partial charge in [-0.3, -0.25) is 4.79 Å². The molecule has 0 saturated carbocycles. The van der Waals surface area contributed by atoms with Crippen LogP contribution in [0.3, 0.4) is 0 Å². The summed E-state index contributed by atoms with van der Waals surface area (Å²) in [6.07, 6.45) is 3.22. The number of rotatable bonds is 6. The van der Waals surface area contributed by atoms with Crippen LogP contribution in [-0.4, -0.2) is 25.2 Å². The summed E-state index contributed by atoms with van der Waals surface area (Å²) in [6, 6.07) is 18.1. The first-order valence-electron chi connectivity index (χ1n) is 9.64. The maximum Gasteiger partial charge on any atom is 0.253 e. The maximum absolute atomic E-state index is 12.8. The highest BCUT2D eigenvalue weighted by Crippen LogP contribution is 2.22. The van der Waals surface area contributed by atoms with Crippen molar-refractivity contribution in [3.05, 3.63) is 99.8 Å². The number of aryl methyl sites for hydroxylation is 1. The molecule has 1 N–H and O–H groups in total. The van der Waals surface area contributed by atoms with Crippen LogP contribution in [0, 0.1) is 13.8 Å². The van der Waals surface area contributed by atoms with Gasteiger partial charge in [0.25, 0.3) is 5.91 Å². The first kappa shape index (κ1) is 20.1. The fourth-order valence-corrected chi connectivity index (χ4v) is 3.79. The molecule has 0 radical (unpaired) electrons. The van der Waals surface area contributed by atoms with Crippen molar-refractivity contribution in [2.24, 2.45) is 0 Å². The van der Waals surface area contributed by atoms with Crippen molar-refractivity contribution < 1.29 is 4.79 Å². The average Bonchev–Trinajstić information content (AvgIpc) is 3.36. The zero-order valence-electron chi connectivity index (χ0n) is 16.8. The SMILES string of the molecule is Cc1cc(C(=O)NCc2ccc(Cn3cncn3)cc2)c(C)n1-c1ccc(Br)cc1. The third-order valence-corrected chi connectivity index (χ3v) is 5.58. The van der Waals surface area contributed by atoms with E-state index < -0.39 is 0 Å². The number of nitrogens with zero attached hydrogens (tertiary/aromatic N) is 4. The molecule has 2 aromatic heterocycles. The Bertz CT molecular complexity index is 1150. The van der Waals surface area contributed by atoms with Crippen molar-refractivity contribution >= 4 is 21.8 Å². The van der Waals surface area contributed by atoms with Crippen molar-refractivity contribution in [2.75, 3.05) is 0 Å². The third kappa shape index (κ3) is 4.36. The van der Waals surface area contributed by atoms with Gasteiger partial charge in [0.1, 0.15) is 12.7 Å². The van der Waals surface area contributed by atoms with E-state index in [9.17, 15) is 4.79 Å². The van der Waals surface area contributed by atoms with E-state index in [4.69, 9.17) is 0 Å².